The molecule has 3 aromatic rings. The van der Waals surface area contributed by atoms with Gasteiger partial charge in [0.15, 0.2) is 10.9 Å². The van der Waals surface area contributed by atoms with Crippen LogP contribution in [-0.4, -0.2) is 63.1 Å². The average Bonchev–Trinajstić information content (AvgIpc) is 3.52. The second kappa shape index (κ2) is 9.79. The number of thioether (sulfide) groups is 1. The summed E-state index contributed by atoms with van der Waals surface area (Å²) in [6.45, 7) is 6.01. The maximum Gasteiger partial charge on any atom is 0.289 e. The summed E-state index contributed by atoms with van der Waals surface area (Å²) in [6, 6.07) is 3.33. The van der Waals surface area contributed by atoms with Crippen molar-refractivity contribution in [1.82, 2.24) is 19.4 Å². The lowest BCUT2D eigenvalue weighted by molar-refractivity contribution is -0.129. The zero-order valence-corrected chi connectivity index (χ0v) is 20.5. The van der Waals surface area contributed by atoms with Crippen LogP contribution in [0.4, 0.5) is 0 Å². The molecule has 1 saturated heterocycles. The van der Waals surface area contributed by atoms with Crippen molar-refractivity contribution in [2.24, 2.45) is 0 Å². The molecule has 178 valence electrons. The van der Waals surface area contributed by atoms with Crippen molar-refractivity contribution in [3.8, 4) is 0 Å². The number of aryl methyl sites for hydroxylation is 2. The molecule has 0 aromatic carbocycles. The van der Waals surface area contributed by atoms with E-state index in [-0.39, 0.29) is 23.1 Å². The average molecular weight is 499 g/mol. The number of nitrogens with zero attached hydrogens (tertiary/aromatic N) is 4. The van der Waals surface area contributed by atoms with Crippen LogP contribution >= 0.6 is 23.1 Å². The van der Waals surface area contributed by atoms with Gasteiger partial charge < -0.3 is 14.2 Å². The topological polar surface area (TPSA) is 88.7 Å². The highest BCUT2D eigenvalue weighted by atomic mass is 32.2. The third kappa shape index (κ3) is 4.32. The highest BCUT2D eigenvalue weighted by molar-refractivity contribution is 7.99. The molecule has 1 aliphatic carbocycles. The highest BCUT2D eigenvalue weighted by Gasteiger charge is 2.27. The van der Waals surface area contributed by atoms with Crippen molar-refractivity contribution in [3.05, 3.63) is 57.6 Å². The van der Waals surface area contributed by atoms with Gasteiger partial charge in [-0.1, -0.05) is 17.8 Å². The van der Waals surface area contributed by atoms with E-state index < -0.39 is 0 Å². The van der Waals surface area contributed by atoms with Crippen LogP contribution in [0, 0.1) is 0 Å². The number of rotatable bonds is 6. The molecule has 2 aliphatic rings. The van der Waals surface area contributed by atoms with Gasteiger partial charge in [-0.2, -0.15) is 0 Å². The Balaban J connectivity index is 1.28. The molecule has 2 amide bonds. The minimum absolute atomic E-state index is 0.0277. The van der Waals surface area contributed by atoms with Crippen LogP contribution in [0.2, 0.25) is 0 Å². The van der Waals surface area contributed by atoms with E-state index in [2.05, 4.69) is 6.58 Å². The third-order valence-electron chi connectivity index (χ3n) is 6.33. The third-order valence-corrected chi connectivity index (χ3v) is 8.47. The zero-order valence-electron chi connectivity index (χ0n) is 18.8. The van der Waals surface area contributed by atoms with E-state index in [0.29, 0.717) is 43.6 Å². The summed E-state index contributed by atoms with van der Waals surface area (Å²) in [5.74, 6) is 0.315. The van der Waals surface area contributed by atoms with Crippen molar-refractivity contribution in [2.45, 2.75) is 37.4 Å². The predicted molar refractivity (Wildman–Crippen MR) is 133 cm³/mol. The van der Waals surface area contributed by atoms with Crippen LogP contribution in [0.3, 0.4) is 0 Å². The fourth-order valence-electron chi connectivity index (χ4n) is 4.55. The van der Waals surface area contributed by atoms with Gasteiger partial charge in [0.1, 0.15) is 4.83 Å². The maximum absolute atomic E-state index is 13.3. The Morgan fingerprint density at radius 2 is 1.94 bits per heavy atom. The smallest absolute Gasteiger partial charge is 0.289 e. The maximum atomic E-state index is 13.3. The molecule has 10 heteroatoms. The lowest BCUT2D eigenvalue weighted by Crippen LogP contribution is -2.51. The number of furan rings is 1. The van der Waals surface area contributed by atoms with Gasteiger partial charge in [0.2, 0.25) is 5.91 Å². The summed E-state index contributed by atoms with van der Waals surface area (Å²) >= 11 is 2.91. The number of hydrogen-bond acceptors (Lipinski definition) is 7. The first-order chi connectivity index (χ1) is 16.6. The van der Waals surface area contributed by atoms with E-state index in [0.717, 1.165) is 41.5 Å². The normalized spacial score (nSPS) is 16.0. The molecule has 34 heavy (non-hydrogen) atoms. The molecule has 0 radical (unpaired) electrons. The fourth-order valence-corrected chi connectivity index (χ4v) is 6.77. The second-order valence-corrected chi connectivity index (χ2v) is 10.5. The number of aromatic nitrogens is 2. The zero-order chi connectivity index (χ0) is 23.7. The molecule has 3 aromatic heterocycles. The molecule has 4 heterocycles. The Morgan fingerprint density at radius 3 is 2.68 bits per heavy atom. The number of thiophene rings is 1. The first-order valence-electron chi connectivity index (χ1n) is 11.5. The summed E-state index contributed by atoms with van der Waals surface area (Å²) in [5, 5.41) is 1.30. The van der Waals surface area contributed by atoms with Crippen LogP contribution in [0.5, 0.6) is 0 Å². The van der Waals surface area contributed by atoms with E-state index in [1.54, 1.807) is 43.9 Å². The summed E-state index contributed by atoms with van der Waals surface area (Å²) in [4.78, 5) is 49.0. The Kier molecular flexibility index (Phi) is 6.60. The van der Waals surface area contributed by atoms with Gasteiger partial charge in [-0.15, -0.1) is 17.9 Å². The van der Waals surface area contributed by atoms with E-state index in [9.17, 15) is 14.4 Å². The van der Waals surface area contributed by atoms with Crippen molar-refractivity contribution >= 4 is 45.1 Å². The van der Waals surface area contributed by atoms with Gasteiger partial charge in [-0.05, 0) is 43.4 Å². The first-order valence-corrected chi connectivity index (χ1v) is 13.3. The molecule has 0 spiro atoms. The van der Waals surface area contributed by atoms with Crippen molar-refractivity contribution in [2.75, 3.05) is 31.9 Å². The molecule has 8 nitrogen and oxygen atoms in total. The Morgan fingerprint density at radius 1 is 1.18 bits per heavy atom. The van der Waals surface area contributed by atoms with Gasteiger partial charge in [-0.25, -0.2) is 4.98 Å². The summed E-state index contributed by atoms with van der Waals surface area (Å²) in [5.41, 5.74) is 1.13. The molecule has 0 saturated carbocycles. The Bertz CT molecular complexity index is 1290. The molecule has 1 aliphatic heterocycles. The summed E-state index contributed by atoms with van der Waals surface area (Å²) in [7, 11) is 0. The fraction of sp³-hybridized carbons (Fsp3) is 0.417. The Labute approximate surface area is 205 Å². The number of amides is 2. The molecular weight excluding hydrogens is 472 g/mol. The largest absolute Gasteiger partial charge is 0.459 e. The SMILES string of the molecule is C=CCn1c(SCC(=O)N2CCN(C(=O)c3ccco3)CC2)nc2sc3c(c2c1=O)CCCC3. The summed E-state index contributed by atoms with van der Waals surface area (Å²) < 4.78 is 6.83. The number of carbonyl (C=O) groups is 2. The van der Waals surface area contributed by atoms with Crippen molar-refractivity contribution < 1.29 is 14.0 Å². The van der Waals surface area contributed by atoms with Crippen molar-refractivity contribution in [3.63, 3.8) is 0 Å². The van der Waals surface area contributed by atoms with Gasteiger partial charge in [-0.3, -0.25) is 19.0 Å². The molecule has 5 rings (SSSR count). The van der Waals surface area contributed by atoms with Crippen molar-refractivity contribution in [1.29, 1.82) is 0 Å². The summed E-state index contributed by atoms with van der Waals surface area (Å²) in [6.07, 6.45) is 7.36. The minimum atomic E-state index is -0.156. The molecule has 0 N–H and O–H groups in total. The van der Waals surface area contributed by atoms with E-state index in [1.165, 1.54) is 22.9 Å². The van der Waals surface area contributed by atoms with E-state index in [1.807, 2.05) is 0 Å². The minimum Gasteiger partial charge on any atom is -0.459 e. The number of hydrogen-bond donors (Lipinski definition) is 0. The number of carbonyl (C=O) groups excluding carboxylic acids is 2. The molecule has 0 unspecified atom stereocenters. The lowest BCUT2D eigenvalue weighted by Gasteiger charge is -2.34. The Hall–Kier alpha value is -2.85. The number of piperazine rings is 1. The highest BCUT2D eigenvalue weighted by Crippen LogP contribution is 2.34. The lowest BCUT2D eigenvalue weighted by atomic mass is 9.97. The van der Waals surface area contributed by atoms with Crippen LogP contribution in [-0.2, 0) is 24.2 Å². The van der Waals surface area contributed by atoms with Gasteiger partial charge >= 0.3 is 0 Å². The molecule has 0 bridgehead atoms. The van der Waals surface area contributed by atoms with Gasteiger partial charge in [0.05, 0.1) is 17.4 Å². The molecular formula is C24H26N4O4S2. The molecule has 0 atom stereocenters. The second-order valence-electron chi connectivity index (χ2n) is 8.43. The van der Waals surface area contributed by atoms with Gasteiger partial charge in [0, 0.05) is 37.6 Å². The van der Waals surface area contributed by atoms with Crippen LogP contribution in [0.1, 0.15) is 33.8 Å². The number of allylic oxidation sites excluding steroid dienone is 1. The van der Waals surface area contributed by atoms with Gasteiger partial charge in [0.25, 0.3) is 11.5 Å². The van der Waals surface area contributed by atoms with E-state index >= 15 is 0 Å². The first kappa shape index (κ1) is 22.9. The van der Waals surface area contributed by atoms with E-state index in [4.69, 9.17) is 9.40 Å². The number of fused-ring (bicyclic) bond motifs is 3. The predicted octanol–water partition coefficient (Wildman–Crippen LogP) is 3.19. The van der Waals surface area contributed by atoms with Crippen LogP contribution in [0.15, 0.2) is 45.4 Å². The quantitative estimate of drug-likeness (QED) is 0.295. The van der Waals surface area contributed by atoms with Crippen LogP contribution < -0.4 is 5.56 Å². The monoisotopic (exact) mass is 498 g/mol. The van der Waals surface area contributed by atoms with Crippen LogP contribution in [0.25, 0.3) is 10.2 Å². The standard InChI is InChI=1S/C24H26N4O4S2/c1-2-9-28-23(31)20-16-6-3-4-8-18(16)34-21(20)25-24(28)33-15-19(29)26-10-12-27(13-11-26)22(30)17-7-5-14-32-17/h2,5,7,14H,1,3-4,6,8-13,15H2. The molecule has 1 fully saturated rings.